The Morgan fingerprint density at radius 1 is 1.23 bits per heavy atom. The van der Waals surface area contributed by atoms with Gasteiger partial charge in [0.05, 0.1) is 65.3 Å². The van der Waals surface area contributed by atoms with Crippen LogP contribution in [-0.4, -0.2) is 66.3 Å². The van der Waals surface area contributed by atoms with Crippen molar-refractivity contribution >= 4 is 50.4 Å². The summed E-state index contributed by atoms with van der Waals surface area (Å²) >= 11 is 1.97. The molecule has 12 heteroatoms. The molecule has 1 saturated carbocycles. The van der Waals surface area contributed by atoms with Gasteiger partial charge in [0, 0.05) is 30.8 Å². The van der Waals surface area contributed by atoms with Crippen molar-refractivity contribution < 1.29 is 17.9 Å². The highest BCUT2D eigenvalue weighted by molar-refractivity contribution is 14.1. The molecular weight excluding hydrogens is 583 g/mol. The number of benzene rings is 1. The Labute approximate surface area is 219 Å². The SMILES string of the molecule is CCNC(=O)N(I)c1ccc(-c2nc3c(c(N4CCOCC4C)n2)CN(S(=O)(=O)C2CC2)C3)cc1. The van der Waals surface area contributed by atoms with E-state index in [1.165, 1.54) is 3.11 Å². The van der Waals surface area contributed by atoms with Crippen LogP contribution in [0.4, 0.5) is 16.3 Å². The molecule has 188 valence electrons. The smallest absolute Gasteiger partial charge is 0.330 e. The summed E-state index contributed by atoms with van der Waals surface area (Å²) in [5.74, 6) is 1.34. The largest absolute Gasteiger partial charge is 0.377 e. The second kappa shape index (κ2) is 9.79. The van der Waals surface area contributed by atoms with E-state index < -0.39 is 10.0 Å². The zero-order chi connectivity index (χ0) is 24.7. The highest BCUT2D eigenvalue weighted by Gasteiger charge is 2.43. The van der Waals surface area contributed by atoms with Crippen molar-refractivity contribution in [2.45, 2.75) is 51.1 Å². The molecule has 2 aliphatic heterocycles. The summed E-state index contributed by atoms with van der Waals surface area (Å²) < 4.78 is 34.7. The minimum absolute atomic E-state index is 0.122. The summed E-state index contributed by atoms with van der Waals surface area (Å²) in [7, 11) is -3.32. The number of morpholine rings is 1. The van der Waals surface area contributed by atoms with Gasteiger partial charge in [-0.1, -0.05) is 0 Å². The topological polar surface area (TPSA) is 108 Å². The third-order valence-corrected chi connectivity index (χ3v) is 9.82. The standard InChI is InChI=1S/C23H29IN6O4S/c1-3-25-23(31)30(24)17-6-4-16(5-7-17)21-26-20-13-28(35(32,33)18-8-9-18)12-19(20)22(27-21)29-10-11-34-14-15(29)2/h4-7,15,18H,3,8-14H2,1-2H3,(H,25,31). The number of hydrogen-bond donors (Lipinski definition) is 1. The average Bonchev–Trinajstić information content (AvgIpc) is 3.63. The molecule has 1 aliphatic carbocycles. The molecule has 1 saturated heterocycles. The van der Waals surface area contributed by atoms with E-state index in [9.17, 15) is 13.2 Å². The molecule has 2 fully saturated rings. The van der Waals surface area contributed by atoms with Crippen molar-refractivity contribution in [2.24, 2.45) is 0 Å². The molecular formula is C23H29IN6O4S. The summed E-state index contributed by atoms with van der Waals surface area (Å²) in [6, 6.07) is 7.43. The van der Waals surface area contributed by atoms with Gasteiger partial charge in [-0.2, -0.15) is 4.31 Å². The third-order valence-electron chi connectivity index (χ3n) is 6.54. The van der Waals surface area contributed by atoms with Crippen LogP contribution >= 0.6 is 22.9 Å². The van der Waals surface area contributed by atoms with E-state index in [4.69, 9.17) is 14.7 Å². The molecule has 1 N–H and O–H groups in total. The number of aromatic nitrogens is 2. The van der Waals surface area contributed by atoms with E-state index in [0.717, 1.165) is 41.2 Å². The van der Waals surface area contributed by atoms with E-state index in [0.29, 0.717) is 38.7 Å². The van der Waals surface area contributed by atoms with Gasteiger partial charge in [-0.15, -0.1) is 0 Å². The summed E-state index contributed by atoms with van der Waals surface area (Å²) in [6.45, 7) is 6.98. The minimum Gasteiger partial charge on any atom is -0.377 e. The van der Waals surface area contributed by atoms with Crippen molar-refractivity contribution in [1.82, 2.24) is 19.6 Å². The number of hydrogen-bond acceptors (Lipinski definition) is 7. The van der Waals surface area contributed by atoms with Gasteiger partial charge in [-0.05, 0) is 51.0 Å². The molecule has 2 amide bonds. The molecule has 0 radical (unpaired) electrons. The number of nitrogens with one attached hydrogen (secondary N) is 1. The second-order valence-electron chi connectivity index (χ2n) is 9.09. The summed E-state index contributed by atoms with van der Waals surface area (Å²) in [4.78, 5) is 24.1. The number of fused-ring (bicyclic) bond motifs is 1. The Hall–Kier alpha value is -2.03. The summed E-state index contributed by atoms with van der Waals surface area (Å²) in [6.07, 6.45) is 1.46. The first-order valence-electron chi connectivity index (χ1n) is 11.9. The summed E-state index contributed by atoms with van der Waals surface area (Å²) in [5, 5.41) is 2.52. The first kappa shape index (κ1) is 24.7. The van der Waals surface area contributed by atoms with Crippen LogP contribution in [0.5, 0.6) is 0 Å². The van der Waals surface area contributed by atoms with Crippen molar-refractivity contribution in [2.75, 3.05) is 34.3 Å². The number of urea groups is 1. The van der Waals surface area contributed by atoms with Crippen LogP contribution in [0.25, 0.3) is 11.4 Å². The van der Waals surface area contributed by atoms with Crippen LogP contribution in [0.3, 0.4) is 0 Å². The fourth-order valence-electron chi connectivity index (χ4n) is 4.45. The number of amides is 2. The fourth-order valence-corrected chi connectivity index (χ4v) is 6.71. The number of nitrogens with zero attached hydrogens (tertiary/aromatic N) is 5. The molecule has 3 aliphatic rings. The molecule has 5 rings (SSSR count). The first-order valence-corrected chi connectivity index (χ1v) is 14.3. The van der Waals surface area contributed by atoms with Gasteiger partial charge in [0.1, 0.15) is 5.82 Å². The van der Waals surface area contributed by atoms with E-state index >= 15 is 0 Å². The molecule has 1 aromatic carbocycles. The van der Waals surface area contributed by atoms with Crippen molar-refractivity contribution in [1.29, 1.82) is 0 Å². The van der Waals surface area contributed by atoms with E-state index in [2.05, 4.69) is 17.1 Å². The van der Waals surface area contributed by atoms with Crippen LogP contribution in [-0.2, 0) is 27.8 Å². The van der Waals surface area contributed by atoms with Crippen LogP contribution in [0.1, 0.15) is 37.9 Å². The lowest BCUT2D eigenvalue weighted by Crippen LogP contribution is -2.44. The maximum Gasteiger partial charge on any atom is 0.330 e. The molecule has 1 aromatic heterocycles. The lowest BCUT2D eigenvalue weighted by atomic mass is 10.1. The molecule has 1 atom stereocenters. The van der Waals surface area contributed by atoms with Gasteiger partial charge in [-0.3, -0.25) is 0 Å². The maximum absolute atomic E-state index is 13.0. The van der Waals surface area contributed by atoms with Crippen LogP contribution in [0, 0.1) is 0 Å². The van der Waals surface area contributed by atoms with Crippen LogP contribution in [0.2, 0.25) is 0 Å². The Kier molecular flexibility index (Phi) is 6.90. The Bertz CT molecular complexity index is 1220. The van der Waals surface area contributed by atoms with Gasteiger partial charge in [0.2, 0.25) is 10.0 Å². The minimum atomic E-state index is -3.32. The van der Waals surface area contributed by atoms with Crippen molar-refractivity contribution in [3.63, 3.8) is 0 Å². The third kappa shape index (κ3) is 4.85. The molecule has 35 heavy (non-hydrogen) atoms. The van der Waals surface area contributed by atoms with Crippen molar-refractivity contribution in [3.05, 3.63) is 35.5 Å². The van der Waals surface area contributed by atoms with Gasteiger partial charge in [-0.25, -0.2) is 26.3 Å². The lowest BCUT2D eigenvalue weighted by molar-refractivity contribution is 0.0984. The second-order valence-corrected chi connectivity index (χ2v) is 12.3. The number of halogens is 1. The molecule has 0 bridgehead atoms. The number of anilines is 2. The molecule has 2 aromatic rings. The molecule has 3 heterocycles. The number of sulfonamides is 1. The van der Waals surface area contributed by atoms with Crippen LogP contribution < -0.4 is 13.3 Å². The summed E-state index contributed by atoms with van der Waals surface area (Å²) in [5.41, 5.74) is 3.20. The number of carbonyl (C=O) groups is 1. The van der Waals surface area contributed by atoms with E-state index in [1.54, 1.807) is 4.31 Å². The number of rotatable bonds is 6. The fraction of sp³-hybridized carbons (Fsp3) is 0.522. The van der Waals surface area contributed by atoms with Gasteiger partial charge < -0.3 is 15.0 Å². The number of carbonyl (C=O) groups excluding carboxylic acids is 1. The normalized spacial score (nSPS) is 20.5. The predicted octanol–water partition coefficient (Wildman–Crippen LogP) is 3.06. The van der Waals surface area contributed by atoms with Gasteiger partial charge in [0.15, 0.2) is 5.82 Å². The Morgan fingerprint density at radius 3 is 2.63 bits per heavy atom. The average molecular weight is 612 g/mol. The predicted molar refractivity (Wildman–Crippen MR) is 142 cm³/mol. The van der Waals surface area contributed by atoms with Gasteiger partial charge >= 0.3 is 6.03 Å². The zero-order valence-corrected chi connectivity index (χ0v) is 22.8. The van der Waals surface area contributed by atoms with E-state index in [-0.39, 0.29) is 23.9 Å². The van der Waals surface area contributed by atoms with E-state index in [1.807, 2.05) is 54.1 Å². The highest BCUT2D eigenvalue weighted by atomic mass is 127. The highest BCUT2D eigenvalue weighted by Crippen LogP contribution is 2.39. The van der Waals surface area contributed by atoms with Crippen LogP contribution in [0.15, 0.2) is 24.3 Å². The zero-order valence-electron chi connectivity index (χ0n) is 19.8. The van der Waals surface area contributed by atoms with Gasteiger partial charge in [0.25, 0.3) is 0 Å². The monoisotopic (exact) mass is 612 g/mol. The Balaban J connectivity index is 1.50. The molecule has 1 unspecified atom stereocenters. The first-order chi connectivity index (χ1) is 16.8. The maximum atomic E-state index is 13.0. The molecule has 0 spiro atoms. The number of ether oxygens (including phenoxy) is 1. The quantitative estimate of drug-likeness (QED) is 0.395. The lowest BCUT2D eigenvalue weighted by Gasteiger charge is -2.35. The molecule has 10 nitrogen and oxygen atoms in total. The van der Waals surface area contributed by atoms with Crippen molar-refractivity contribution in [3.8, 4) is 11.4 Å². The Morgan fingerprint density at radius 2 is 1.97 bits per heavy atom.